The summed E-state index contributed by atoms with van der Waals surface area (Å²) in [5.74, 6) is 1.11. The van der Waals surface area contributed by atoms with E-state index in [4.69, 9.17) is 9.47 Å². The molecule has 0 amide bonds. The molecule has 5 heteroatoms. The topological polar surface area (TPSA) is 56.5 Å². The predicted octanol–water partition coefficient (Wildman–Crippen LogP) is 2.15. The summed E-state index contributed by atoms with van der Waals surface area (Å²) in [6, 6.07) is 0. The molecule has 0 bridgehead atoms. The molecule has 1 fully saturated rings. The van der Waals surface area contributed by atoms with Crippen molar-refractivity contribution in [2.24, 2.45) is 5.92 Å². The first kappa shape index (κ1) is 14.3. The Kier molecular flexibility index (Phi) is 4.82. The first-order valence-corrected chi connectivity index (χ1v) is 7.12. The van der Waals surface area contributed by atoms with Gasteiger partial charge in [0.05, 0.1) is 19.4 Å². The Morgan fingerprint density at radius 2 is 2.21 bits per heavy atom. The van der Waals surface area contributed by atoms with Crippen molar-refractivity contribution in [1.29, 1.82) is 0 Å². The average molecular weight is 268 g/mol. The third-order valence-electron chi connectivity index (χ3n) is 3.54. The maximum atomic E-state index is 10.7. The van der Waals surface area contributed by atoms with Crippen molar-refractivity contribution < 1.29 is 14.6 Å². The van der Waals surface area contributed by atoms with Gasteiger partial charge in [-0.05, 0) is 32.1 Å². The molecule has 1 aliphatic carbocycles. The molecule has 1 aromatic heterocycles. The van der Waals surface area contributed by atoms with Crippen LogP contribution in [0.15, 0.2) is 6.20 Å². The number of aryl methyl sites for hydroxylation is 1. The van der Waals surface area contributed by atoms with Gasteiger partial charge in [-0.25, -0.2) is 0 Å². The van der Waals surface area contributed by atoms with Gasteiger partial charge in [-0.3, -0.25) is 4.68 Å². The molecule has 1 N–H and O–H groups in total. The zero-order valence-electron chi connectivity index (χ0n) is 12.0. The highest BCUT2D eigenvalue weighted by molar-refractivity contribution is 5.28. The van der Waals surface area contributed by atoms with Crippen LogP contribution in [-0.2, 0) is 11.3 Å². The van der Waals surface area contributed by atoms with Crippen LogP contribution in [0.2, 0.25) is 0 Å². The molecule has 1 heterocycles. The summed E-state index contributed by atoms with van der Waals surface area (Å²) in [5, 5.41) is 15.0. The van der Waals surface area contributed by atoms with E-state index in [0.717, 1.165) is 31.5 Å². The lowest BCUT2D eigenvalue weighted by molar-refractivity contribution is -0.0504. The van der Waals surface area contributed by atoms with E-state index < -0.39 is 6.10 Å². The van der Waals surface area contributed by atoms with Crippen molar-refractivity contribution in [2.45, 2.75) is 51.9 Å². The number of nitrogens with zero attached hydrogens (tertiary/aromatic N) is 2. The number of aliphatic hydroxyl groups is 1. The van der Waals surface area contributed by atoms with Gasteiger partial charge in [-0.2, -0.15) is 5.10 Å². The highest BCUT2D eigenvalue weighted by Gasteiger charge is 2.39. The molecule has 1 aromatic rings. The number of ether oxygens (including phenoxy) is 2. The van der Waals surface area contributed by atoms with Crippen LogP contribution in [0.1, 0.15) is 44.9 Å². The molecule has 108 valence electrons. The van der Waals surface area contributed by atoms with Crippen molar-refractivity contribution in [1.82, 2.24) is 9.78 Å². The summed E-state index contributed by atoms with van der Waals surface area (Å²) in [6.45, 7) is 5.44. The lowest BCUT2D eigenvalue weighted by atomic mass is 10.1. The third-order valence-corrected chi connectivity index (χ3v) is 3.54. The fraction of sp³-hybridized carbons (Fsp3) is 0.786. The van der Waals surface area contributed by atoms with E-state index in [0.29, 0.717) is 18.3 Å². The first-order chi connectivity index (χ1) is 9.22. The molecule has 0 saturated heterocycles. The fourth-order valence-electron chi connectivity index (χ4n) is 2.48. The van der Waals surface area contributed by atoms with Crippen molar-refractivity contribution in [3.63, 3.8) is 0 Å². The Morgan fingerprint density at radius 3 is 2.74 bits per heavy atom. The number of aromatic nitrogens is 2. The molecule has 0 spiro atoms. The number of hydrogen-bond acceptors (Lipinski definition) is 4. The molecule has 2 rings (SSSR count). The summed E-state index contributed by atoms with van der Waals surface area (Å²) in [7, 11) is 1.61. The van der Waals surface area contributed by atoms with Crippen LogP contribution in [0.5, 0.6) is 5.75 Å². The van der Waals surface area contributed by atoms with E-state index in [9.17, 15) is 5.11 Å². The second kappa shape index (κ2) is 6.39. The van der Waals surface area contributed by atoms with Crippen LogP contribution in [0.25, 0.3) is 0 Å². The van der Waals surface area contributed by atoms with Crippen molar-refractivity contribution in [3.8, 4) is 5.75 Å². The number of methoxy groups -OCH3 is 1. The number of rotatable bonds is 8. The van der Waals surface area contributed by atoms with Crippen LogP contribution in [0.3, 0.4) is 0 Å². The molecule has 1 aliphatic rings. The van der Waals surface area contributed by atoms with Crippen molar-refractivity contribution in [2.75, 3.05) is 13.7 Å². The normalized spacial score (nSPS) is 18.3. The quantitative estimate of drug-likeness (QED) is 0.785. The monoisotopic (exact) mass is 268 g/mol. The van der Waals surface area contributed by atoms with Crippen molar-refractivity contribution >= 4 is 0 Å². The Morgan fingerprint density at radius 1 is 1.47 bits per heavy atom. The van der Waals surface area contributed by atoms with Crippen LogP contribution >= 0.6 is 0 Å². The molecule has 0 aliphatic heterocycles. The lowest BCUT2D eigenvalue weighted by Crippen LogP contribution is -2.27. The summed E-state index contributed by atoms with van der Waals surface area (Å²) >= 11 is 0. The molecule has 19 heavy (non-hydrogen) atoms. The van der Waals surface area contributed by atoms with E-state index in [2.05, 4.69) is 12.0 Å². The smallest absolute Gasteiger partial charge is 0.162 e. The third kappa shape index (κ3) is 3.09. The predicted molar refractivity (Wildman–Crippen MR) is 72.2 cm³/mol. The van der Waals surface area contributed by atoms with Gasteiger partial charge >= 0.3 is 0 Å². The molecular weight excluding hydrogens is 244 g/mol. The van der Waals surface area contributed by atoms with Gasteiger partial charge in [0.1, 0.15) is 11.8 Å². The highest BCUT2D eigenvalue weighted by atomic mass is 16.5. The molecule has 2 unspecified atom stereocenters. The maximum Gasteiger partial charge on any atom is 0.162 e. The summed E-state index contributed by atoms with van der Waals surface area (Å²) in [6.07, 6.45) is 4.08. The minimum absolute atomic E-state index is 0.147. The minimum Gasteiger partial charge on any atom is -0.493 e. The summed E-state index contributed by atoms with van der Waals surface area (Å²) in [5.41, 5.74) is 0.745. The zero-order valence-corrected chi connectivity index (χ0v) is 12.0. The lowest BCUT2D eigenvalue weighted by Gasteiger charge is -2.24. The Balaban J connectivity index is 2.24. The minimum atomic E-state index is -0.670. The van der Waals surface area contributed by atoms with Gasteiger partial charge in [-0.15, -0.1) is 0 Å². The van der Waals surface area contributed by atoms with E-state index in [-0.39, 0.29) is 6.10 Å². The maximum absolute atomic E-state index is 10.7. The zero-order chi connectivity index (χ0) is 13.8. The second-order valence-electron chi connectivity index (χ2n) is 5.02. The Bertz CT molecular complexity index is 401. The average Bonchev–Trinajstić information content (AvgIpc) is 3.16. The van der Waals surface area contributed by atoms with Gasteiger partial charge in [0.15, 0.2) is 5.75 Å². The highest BCUT2D eigenvalue weighted by Crippen LogP contribution is 2.41. The molecular formula is C14H24N2O3. The van der Waals surface area contributed by atoms with E-state index in [1.165, 1.54) is 0 Å². The molecule has 2 atom stereocenters. The van der Waals surface area contributed by atoms with E-state index in [1.807, 2.05) is 11.6 Å². The Labute approximate surface area is 114 Å². The van der Waals surface area contributed by atoms with Gasteiger partial charge < -0.3 is 14.6 Å². The second-order valence-corrected chi connectivity index (χ2v) is 5.02. The van der Waals surface area contributed by atoms with E-state index >= 15 is 0 Å². The number of hydrogen-bond donors (Lipinski definition) is 1. The van der Waals surface area contributed by atoms with Crippen LogP contribution in [0.4, 0.5) is 0 Å². The molecule has 0 radical (unpaired) electrons. The summed E-state index contributed by atoms with van der Waals surface area (Å²) < 4.78 is 12.9. The SMILES string of the molecule is CCCn1ncc(OC)c1C(O)C(OCC)C1CC1. The largest absolute Gasteiger partial charge is 0.493 e. The Hall–Kier alpha value is -1.07. The van der Waals surface area contributed by atoms with Gasteiger partial charge in [0, 0.05) is 13.2 Å². The van der Waals surface area contributed by atoms with E-state index in [1.54, 1.807) is 13.3 Å². The first-order valence-electron chi connectivity index (χ1n) is 7.12. The number of aliphatic hydroxyl groups excluding tert-OH is 1. The van der Waals surface area contributed by atoms with Gasteiger partial charge in [0.2, 0.25) is 0 Å². The van der Waals surface area contributed by atoms with Crippen LogP contribution < -0.4 is 4.74 Å². The van der Waals surface area contributed by atoms with Crippen LogP contribution in [0, 0.1) is 5.92 Å². The molecule has 0 aromatic carbocycles. The summed E-state index contributed by atoms with van der Waals surface area (Å²) in [4.78, 5) is 0. The standard InChI is InChI=1S/C14H24N2O3/c1-4-8-16-12(11(18-3)9-15-16)13(17)14(19-5-2)10-6-7-10/h9-10,13-14,17H,4-8H2,1-3H3. The van der Waals surface area contributed by atoms with Gasteiger partial charge in [-0.1, -0.05) is 6.92 Å². The van der Waals surface area contributed by atoms with Crippen LogP contribution in [-0.4, -0.2) is 34.7 Å². The molecule has 5 nitrogen and oxygen atoms in total. The fourth-order valence-corrected chi connectivity index (χ4v) is 2.48. The van der Waals surface area contributed by atoms with Crippen molar-refractivity contribution in [3.05, 3.63) is 11.9 Å². The van der Waals surface area contributed by atoms with Gasteiger partial charge in [0.25, 0.3) is 0 Å². The molecule has 1 saturated carbocycles.